The molecule has 0 saturated carbocycles. The Labute approximate surface area is 120 Å². The number of benzene rings is 1. The summed E-state index contributed by atoms with van der Waals surface area (Å²) in [5.74, 6) is -0.940. The highest BCUT2D eigenvalue weighted by Gasteiger charge is 2.28. The van der Waals surface area contributed by atoms with E-state index in [2.05, 4.69) is 5.10 Å². The van der Waals surface area contributed by atoms with Crippen molar-refractivity contribution in [3.8, 4) is 11.3 Å². The second kappa shape index (κ2) is 5.12. The lowest BCUT2D eigenvalue weighted by molar-refractivity contribution is -0.118. The van der Waals surface area contributed by atoms with Crippen molar-refractivity contribution < 1.29 is 14.0 Å². The maximum absolute atomic E-state index is 13.4. The van der Waals surface area contributed by atoms with Crippen LogP contribution in [0.25, 0.3) is 11.3 Å². The molecule has 1 aromatic carbocycles. The van der Waals surface area contributed by atoms with Crippen molar-refractivity contribution in [2.75, 3.05) is 0 Å². The van der Waals surface area contributed by atoms with Crippen molar-refractivity contribution in [3.63, 3.8) is 0 Å². The highest BCUT2D eigenvalue weighted by molar-refractivity contribution is 6.03. The van der Waals surface area contributed by atoms with Crippen molar-refractivity contribution in [3.05, 3.63) is 41.3 Å². The fourth-order valence-corrected chi connectivity index (χ4v) is 2.70. The number of aromatic nitrogens is 2. The number of ketones is 1. The van der Waals surface area contributed by atoms with Gasteiger partial charge in [0.25, 0.3) is 0 Å². The summed E-state index contributed by atoms with van der Waals surface area (Å²) in [6.07, 6.45) is 1.83. The average Bonchev–Trinajstić information content (AvgIpc) is 2.78. The molecule has 1 aliphatic rings. The molecule has 0 saturated heterocycles. The van der Waals surface area contributed by atoms with Crippen molar-refractivity contribution >= 4 is 11.7 Å². The maximum atomic E-state index is 13.4. The van der Waals surface area contributed by atoms with Crippen LogP contribution >= 0.6 is 0 Å². The topological polar surface area (TPSA) is 78.0 Å². The van der Waals surface area contributed by atoms with Crippen LogP contribution < -0.4 is 5.73 Å². The minimum absolute atomic E-state index is 0.0220. The zero-order valence-electron chi connectivity index (χ0n) is 11.3. The lowest BCUT2D eigenvalue weighted by Crippen LogP contribution is -2.22. The van der Waals surface area contributed by atoms with Crippen LogP contribution in [0.5, 0.6) is 0 Å². The van der Waals surface area contributed by atoms with E-state index in [0.29, 0.717) is 35.4 Å². The summed E-state index contributed by atoms with van der Waals surface area (Å²) in [7, 11) is 0. The number of hydrogen-bond acceptors (Lipinski definition) is 3. The summed E-state index contributed by atoms with van der Waals surface area (Å²) in [5.41, 5.74) is 7.38. The largest absolute Gasteiger partial charge is 0.368 e. The summed E-state index contributed by atoms with van der Waals surface area (Å²) in [6.45, 7) is -0.0784. The predicted octanol–water partition coefficient (Wildman–Crippen LogP) is 1.69. The van der Waals surface area contributed by atoms with E-state index in [1.54, 1.807) is 12.1 Å². The first kappa shape index (κ1) is 13.5. The highest BCUT2D eigenvalue weighted by Crippen LogP contribution is 2.31. The van der Waals surface area contributed by atoms with E-state index >= 15 is 0 Å². The Morgan fingerprint density at radius 3 is 2.90 bits per heavy atom. The molecular weight excluding hydrogens is 273 g/mol. The molecule has 0 atom stereocenters. The van der Waals surface area contributed by atoms with Crippen LogP contribution in [0.2, 0.25) is 0 Å². The van der Waals surface area contributed by atoms with Crippen LogP contribution in [0.4, 0.5) is 4.39 Å². The first-order chi connectivity index (χ1) is 10.1. The van der Waals surface area contributed by atoms with Gasteiger partial charge in [-0.1, -0.05) is 12.1 Å². The zero-order valence-corrected chi connectivity index (χ0v) is 11.3. The Morgan fingerprint density at radius 2 is 2.19 bits per heavy atom. The number of carbonyl (C=O) groups is 2. The molecule has 3 rings (SSSR count). The van der Waals surface area contributed by atoms with Gasteiger partial charge in [-0.05, 0) is 25.0 Å². The van der Waals surface area contributed by atoms with Crippen molar-refractivity contribution in [1.29, 1.82) is 0 Å². The molecule has 108 valence electrons. The number of primary amides is 1. The number of carbonyl (C=O) groups excluding carboxylic acids is 2. The maximum Gasteiger partial charge on any atom is 0.239 e. The molecule has 6 heteroatoms. The van der Waals surface area contributed by atoms with Crippen LogP contribution in [0.1, 0.15) is 28.9 Å². The van der Waals surface area contributed by atoms with Crippen molar-refractivity contribution in [2.45, 2.75) is 25.8 Å². The van der Waals surface area contributed by atoms with Gasteiger partial charge in [-0.15, -0.1) is 0 Å². The van der Waals surface area contributed by atoms with E-state index in [4.69, 9.17) is 5.73 Å². The number of nitrogens with zero attached hydrogens (tertiary/aromatic N) is 2. The summed E-state index contributed by atoms with van der Waals surface area (Å²) >= 11 is 0. The second-order valence-electron chi connectivity index (χ2n) is 5.08. The Hall–Kier alpha value is -2.50. The fourth-order valence-electron chi connectivity index (χ4n) is 2.70. The standard InChI is InChI=1S/C15H14FN3O2/c16-10-4-1-3-9(7-10)15-14-11(5-2-6-12(14)20)19(18-15)8-13(17)21/h1,3-4,7H,2,5-6,8H2,(H2,17,21). The Morgan fingerprint density at radius 1 is 1.38 bits per heavy atom. The predicted molar refractivity (Wildman–Crippen MR) is 74.1 cm³/mol. The third-order valence-corrected chi connectivity index (χ3v) is 3.56. The lowest BCUT2D eigenvalue weighted by atomic mass is 9.92. The van der Waals surface area contributed by atoms with Crippen LogP contribution in [0.3, 0.4) is 0 Å². The van der Waals surface area contributed by atoms with Gasteiger partial charge in [0.1, 0.15) is 18.1 Å². The monoisotopic (exact) mass is 287 g/mol. The van der Waals surface area contributed by atoms with E-state index in [0.717, 1.165) is 6.42 Å². The average molecular weight is 287 g/mol. The number of hydrogen-bond donors (Lipinski definition) is 1. The summed E-state index contributed by atoms with van der Waals surface area (Å²) in [4.78, 5) is 23.4. The number of halogens is 1. The molecule has 2 aromatic rings. The molecule has 0 radical (unpaired) electrons. The van der Waals surface area contributed by atoms with Gasteiger partial charge in [0.05, 0.1) is 11.3 Å². The van der Waals surface area contributed by atoms with Gasteiger partial charge in [-0.3, -0.25) is 14.3 Å². The molecule has 0 unspecified atom stereocenters. The number of fused-ring (bicyclic) bond motifs is 1. The van der Waals surface area contributed by atoms with Crippen LogP contribution in [0, 0.1) is 5.82 Å². The smallest absolute Gasteiger partial charge is 0.239 e. The minimum Gasteiger partial charge on any atom is -0.368 e. The molecule has 1 aromatic heterocycles. The summed E-state index contributed by atoms with van der Waals surface area (Å²) in [6, 6.07) is 5.93. The Balaban J connectivity index is 2.18. The lowest BCUT2D eigenvalue weighted by Gasteiger charge is -2.12. The van der Waals surface area contributed by atoms with E-state index in [1.165, 1.54) is 16.8 Å². The first-order valence-corrected chi connectivity index (χ1v) is 6.73. The highest BCUT2D eigenvalue weighted by atomic mass is 19.1. The third-order valence-electron chi connectivity index (χ3n) is 3.56. The van der Waals surface area contributed by atoms with E-state index in [-0.39, 0.29) is 12.3 Å². The zero-order chi connectivity index (χ0) is 15.0. The molecular formula is C15H14FN3O2. The van der Waals surface area contributed by atoms with Crippen LogP contribution in [-0.2, 0) is 17.8 Å². The minimum atomic E-state index is -0.524. The van der Waals surface area contributed by atoms with Crippen LogP contribution in [0.15, 0.2) is 24.3 Å². The molecule has 1 amide bonds. The number of nitrogens with two attached hydrogens (primary N) is 1. The number of Topliss-reactive ketones (excluding diaryl/α,β-unsaturated/α-hetero) is 1. The summed E-state index contributed by atoms with van der Waals surface area (Å²) in [5, 5.41) is 4.32. The molecule has 2 N–H and O–H groups in total. The SMILES string of the molecule is NC(=O)Cn1nc(-c2cccc(F)c2)c2c1CCCC2=O. The van der Waals surface area contributed by atoms with Gasteiger partial charge in [-0.25, -0.2) is 4.39 Å². The van der Waals surface area contributed by atoms with Gasteiger partial charge < -0.3 is 5.73 Å². The molecule has 0 aliphatic heterocycles. The molecule has 1 aliphatic carbocycles. The molecule has 1 heterocycles. The van der Waals surface area contributed by atoms with Gasteiger partial charge in [0.2, 0.25) is 5.91 Å². The van der Waals surface area contributed by atoms with Gasteiger partial charge in [0, 0.05) is 12.0 Å². The molecule has 0 bridgehead atoms. The molecule has 0 fully saturated rings. The normalized spacial score (nSPS) is 14.0. The quantitative estimate of drug-likeness (QED) is 0.933. The Bertz CT molecular complexity index is 737. The van der Waals surface area contributed by atoms with E-state index in [9.17, 15) is 14.0 Å². The Kier molecular flexibility index (Phi) is 3.29. The van der Waals surface area contributed by atoms with E-state index < -0.39 is 11.7 Å². The molecule has 0 spiro atoms. The first-order valence-electron chi connectivity index (χ1n) is 6.73. The van der Waals surface area contributed by atoms with Crippen LogP contribution in [-0.4, -0.2) is 21.5 Å². The third kappa shape index (κ3) is 2.44. The molecule has 21 heavy (non-hydrogen) atoms. The van der Waals surface area contributed by atoms with Crippen molar-refractivity contribution in [2.24, 2.45) is 5.73 Å². The number of rotatable bonds is 3. The number of amides is 1. The molecule has 5 nitrogen and oxygen atoms in total. The van der Waals surface area contributed by atoms with Gasteiger partial charge in [-0.2, -0.15) is 5.10 Å². The second-order valence-corrected chi connectivity index (χ2v) is 5.08. The van der Waals surface area contributed by atoms with E-state index in [1.807, 2.05) is 0 Å². The van der Waals surface area contributed by atoms with Crippen molar-refractivity contribution in [1.82, 2.24) is 9.78 Å². The van der Waals surface area contributed by atoms with Gasteiger partial charge >= 0.3 is 0 Å². The summed E-state index contributed by atoms with van der Waals surface area (Å²) < 4.78 is 14.9. The van der Waals surface area contributed by atoms with Gasteiger partial charge in [0.15, 0.2) is 5.78 Å². The fraction of sp³-hybridized carbons (Fsp3) is 0.267.